The van der Waals surface area contributed by atoms with Crippen LogP contribution in [-0.2, 0) is 21.4 Å². The molecule has 2 aromatic heterocycles. The minimum atomic E-state index is -3.67. The molecular formula is C19H22N4O4S2. The lowest BCUT2D eigenvalue weighted by Gasteiger charge is -2.30. The number of carbonyl (C=O) groups excluding carboxylic acids is 1. The monoisotopic (exact) mass is 434 g/mol. The summed E-state index contributed by atoms with van der Waals surface area (Å²) in [6.45, 7) is 3.69. The fourth-order valence-electron chi connectivity index (χ4n) is 2.87. The van der Waals surface area contributed by atoms with Crippen LogP contribution in [0.3, 0.4) is 0 Å². The van der Waals surface area contributed by atoms with Gasteiger partial charge in [-0.1, -0.05) is 35.8 Å². The summed E-state index contributed by atoms with van der Waals surface area (Å²) in [5, 5.41) is 8.51. The molecular weight excluding hydrogens is 412 g/mol. The molecule has 2 heterocycles. The highest BCUT2D eigenvalue weighted by molar-refractivity contribution is 7.92. The average molecular weight is 435 g/mol. The van der Waals surface area contributed by atoms with Crippen molar-refractivity contribution in [2.75, 3.05) is 10.6 Å². The molecule has 3 rings (SSSR count). The molecule has 0 aliphatic rings. The maximum Gasteiger partial charge on any atom is 0.246 e. The Labute approximate surface area is 173 Å². The number of thiophene rings is 1. The standard InChI is InChI=1S/C19H22N4O4S2/c1-4-15(23(29(3,25)26)14-9-7-13(2)8-10-14)19(24)20-12-17-21-18(22-27-17)16-6-5-11-28-16/h5-11,15H,4,12H2,1-3H3,(H,20,24)/t15-/m0/s1. The summed E-state index contributed by atoms with van der Waals surface area (Å²) in [6.07, 6.45) is 1.39. The third-order valence-electron chi connectivity index (χ3n) is 4.24. The van der Waals surface area contributed by atoms with Crippen LogP contribution in [0.2, 0.25) is 0 Å². The fourth-order valence-corrected chi connectivity index (χ4v) is 4.73. The van der Waals surface area contributed by atoms with E-state index in [0.717, 1.165) is 21.0 Å². The molecule has 8 nitrogen and oxygen atoms in total. The number of hydrogen-bond acceptors (Lipinski definition) is 7. The molecule has 1 amide bonds. The van der Waals surface area contributed by atoms with Gasteiger partial charge in [-0.05, 0) is 36.9 Å². The second-order valence-corrected chi connectivity index (χ2v) is 9.33. The Bertz CT molecular complexity index is 1060. The number of aryl methyl sites for hydroxylation is 1. The minimum Gasteiger partial charge on any atom is -0.345 e. The quantitative estimate of drug-likeness (QED) is 0.584. The van der Waals surface area contributed by atoms with Crippen molar-refractivity contribution in [2.24, 2.45) is 0 Å². The first-order chi connectivity index (χ1) is 13.8. The Morgan fingerprint density at radius 3 is 2.59 bits per heavy atom. The summed E-state index contributed by atoms with van der Waals surface area (Å²) in [5.41, 5.74) is 1.44. The van der Waals surface area contributed by atoms with E-state index in [1.807, 2.05) is 36.6 Å². The van der Waals surface area contributed by atoms with E-state index in [1.54, 1.807) is 19.1 Å². The normalized spacial score (nSPS) is 12.5. The number of sulfonamides is 1. The predicted octanol–water partition coefficient (Wildman–Crippen LogP) is 2.97. The highest BCUT2D eigenvalue weighted by Crippen LogP contribution is 2.23. The highest BCUT2D eigenvalue weighted by Gasteiger charge is 2.31. The molecule has 10 heteroatoms. The van der Waals surface area contributed by atoms with Gasteiger partial charge < -0.3 is 9.84 Å². The number of hydrogen-bond donors (Lipinski definition) is 1. The van der Waals surface area contributed by atoms with Gasteiger partial charge >= 0.3 is 0 Å². The lowest BCUT2D eigenvalue weighted by atomic mass is 10.1. The molecule has 0 radical (unpaired) electrons. The second kappa shape index (κ2) is 8.75. The molecule has 154 valence electrons. The Balaban J connectivity index is 1.75. The van der Waals surface area contributed by atoms with Gasteiger partial charge in [0.05, 0.1) is 23.4 Å². The maximum absolute atomic E-state index is 12.8. The molecule has 3 aromatic rings. The summed E-state index contributed by atoms with van der Waals surface area (Å²) >= 11 is 1.48. The van der Waals surface area contributed by atoms with Gasteiger partial charge in [-0.15, -0.1) is 11.3 Å². The van der Waals surface area contributed by atoms with Crippen molar-refractivity contribution in [3.63, 3.8) is 0 Å². The summed E-state index contributed by atoms with van der Waals surface area (Å²) in [6, 6.07) is 9.86. The first-order valence-corrected chi connectivity index (χ1v) is 11.7. The molecule has 0 spiro atoms. The van der Waals surface area contributed by atoms with Crippen LogP contribution in [0.5, 0.6) is 0 Å². The van der Waals surface area contributed by atoms with Crippen molar-refractivity contribution in [1.82, 2.24) is 15.5 Å². The number of amides is 1. The Hall–Kier alpha value is -2.72. The first-order valence-electron chi connectivity index (χ1n) is 9.00. The molecule has 0 fully saturated rings. The Kier molecular flexibility index (Phi) is 6.33. The van der Waals surface area contributed by atoms with E-state index >= 15 is 0 Å². The zero-order valence-electron chi connectivity index (χ0n) is 16.3. The van der Waals surface area contributed by atoms with Crippen LogP contribution in [0.1, 0.15) is 24.8 Å². The van der Waals surface area contributed by atoms with Gasteiger partial charge in [0, 0.05) is 0 Å². The van der Waals surface area contributed by atoms with Crippen molar-refractivity contribution >= 4 is 33.0 Å². The van der Waals surface area contributed by atoms with Crippen LogP contribution in [-0.4, -0.2) is 36.8 Å². The molecule has 0 saturated carbocycles. The van der Waals surface area contributed by atoms with Crippen molar-refractivity contribution in [3.05, 3.63) is 53.2 Å². The van der Waals surface area contributed by atoms with Crippen molar-refractivity contribution in [3.8, 4) is 10.7 Å². The minimum absolute atomic E-state index is 0.0131. The van der Waals surface area contributed by atoms with Gasteiger partial charge in [-0.25, -0.2) is 8.42 Å². The summed E-state index contributed by atoms with van der Waals surface area (Å²) < 4.78 is 31.2. The topological polar surface area (TPSA) is 105 Å². The third kappa shape index (κ3) is 5.01. The number of aromatic nitrogens is 2. The number of carbonyl (C=O) groups is 1. The summed E-state index contributed by atoms with van der Waals surface area (Å²) in [5.74, 6) is 0.265. The number of nitrogens with zero attached hydrogens (tertiary/aromatic N) is 3. The molecule has 0 aliphatic carbocycles. The van der Waals surface area contributed by atoms with E-state index in [-0.39, 0.29) is 12.4 Å². The van der Waals surface area contributed by atoms with Crippen LogP contribution < -0.4 is 9.62 Å². The van der Waals surface area contributed by atoms with Crippen molar-refractivity contribution in [1.29, 1.82) is 0 Å². The molecule has 1 N–H and O–H groups in total. The smallest absolute Gasteiger partial charge is 0.246 e. The van der Waals surface area contributed by atoms with Crippen molar-refractivity contribution in [2.45, 2.75) is 32.9 Å². The zero-order valence-corrected chi connectivity index (χ0v) is 18.0. The Morgan fingerprint density at radius 2 is 2.00 bits per heavy atom. The van der Waals surface area contributed by atoms with Gasteiger partial charge in [0.25, 0.3) is 0 Å². The third-order valence-corrected chi connectivity index (χ3v) is 6.29. The average Bonchev–Trinajstić information content (AvgIpc) is 3.35. The number of rotatable bonds is 8. The lowest BCUT2D eigenvalue weighted by molar-refractivity contribution is -0.122. The molecule has 29 heavy (non-hydrogen) atoms. The predicted molar refractivity (Wildman–Crippen MR) is 112 cm³/mol. The summed E-state index contributed by atoms with van der Waals surface area (Å²) in [4.78, 5) is 17.9. The molecule has 0 saturated heterocycles. The van der Waals surface area contributed by atoms with Gasteiger partial charge in [-0.2, -0.15) is 4.98 Å². The molecule has 0 aliphatic heterocycles. The van der Waals surface area contributed by atoms with E-state index in [1.165, 1.54) is 11.3 Å². The number of benzene rings is 1. The summed E-state index contributed by atoms with van der Waals surface area (Å²) in [7, 11) is -3.67. The number of anilines is 1. The van der Waals surface area contributed by atoms with E-state index < -0.39 is 22.0 Å². The molecule has 1 atom stereocenters. The maximum atomic E-state index is 12.8. The van der Waals surface area contributed by atoms with Gasteiger partial charge in [0.2, 0.25) is 27.6 Å². The van der Waals surface area contributed by atoms with E-state index in [0.29, 0.717) is 17.9 Å². The van der Waals surface area contributed by atoms with Gasteiger partial charge in [-0.3, -0.25) is 9.10 Å². The van der Waals surface area contributed by atoms with Crippen LogP contribution in [0.4, 0.5) is 5.69 Å². The van der Waals surface area contributed by atoms with Crippen LogP contribution in [0.15, 0.2) is 46.3 Å². The lowest BCUT2D eigenvalue weighted by Crippen LogP contribution is -2.49. The second-order valence-electron chi connectivity index (χ2n) is 6.53. The zero-order chi connectivity index (χ0) is 21.0. The molecule has 0 bridgehead atoms. The Morgan fingerprint density at radius 1 is 1.28 bits per heavy atom. The van der Waals surface area contributed by atoms with Crippen molar-refractivity contribution < 1.29 is 17.7 Å². The molecule has 1 aromatic carbocycles. The van der Waals surface area contributed by atoms with Crippen LogP contribution >= 0.6 is 11.3 Å². The number of nitrogens with one attached hydrogen (secondary N) is 1. The van der Waals surface area contributed by atoms with Crippen LogP contribution in [0, 0.1) is 6.92 Å². The SMILES string of the molecule is CC[C@@H](C(=O)NCc1nc(-c2cccs2)no1)N(c1ccc(C)cc1)S(C)(=O)=O. The van der Waals surface area contributed by atoms with Gasteiger partial charge in [0.1, 0.15) is 6.04 Å². The van der Waals surface area contributed by atoms with E-state index in [2.05, 4.69) is 15.5 Å². The molecule has 0 unspecified atom stereocenters. The largest absolute Gasteiger partial charge is 0.345 e. The van der Waals surface area contributed by atoms with Crippen LogP contribution in [0.25, 0.3) is 10.7 Å². The van der Waals surface area contributed by atoms with Gasteiger partial charge in [0.15, 0.2) is 0 Å². The highest BCUT2D eigenvalue weighted by atomic mass is 32.2. The van der Waals surface area contributed by atoms with E-state index in [4.69, 9.17) is 4.52 Å². The fraction of sp³-hybridized carbons (Fsp3) is 0.316. The first kappa shape index (κ1) is 21.0. The van der Waals surface area contributed by atoms with E-state index in [9.17, 15) is 13.2 Å².